The SMILES string of the molecule is COC[CH](Cl)[Hg]. The van der Waals surface area contributed by atoms with Crippen molar-refractivity contribution in [2.75, 3.05) is 13.7 Å². The maximum atomic E-state index is 5.54. The summed E-state index contributed by atoms with van der Waals surface area (Å²) in [6, 6.07) is 0. The van der Waals surface area contributed by atoms with Gasteiger partial charge >= 0.3 is 59.1 Å². The summed E-state index contributed by atoms with van der Waals surface area (Å²) in [6.07, 6.45) is 0. The molecule has 0 aliphatic rings. The fraction of sp³-hybridized carbons (Fsp3) is 1.00. The third-order valence-corrected chi connectivity index (χ3v) is 1.39. The second-order valence-electron chi connectivity index (χ2n) is 1.05. The zero-order valence-corrected chi connectivity index (χ0v) is 10.0. The number of hydrogen-bond donors (Lipinski definition) is 0. The summed E-state index contributed by atoms with van der Waals surface area (Å²) in [7, 11) is 1.67. The number of rotatable bonds is 2. The van der Waals surface area contributed by atoms with Crippen molar-refractivity contribution in [3.8, 4) is 0 Å². The van der Waals surface area contributed by atoms with Crippen LogP contribution in [0.4, 0.5) is 0 Å². The van der Waals surface area contributed by atoms with Crippen LogP contribution in [-0.4, -0.2) is 16.6 Å². The summed E-state index contributed by atoms with van der Waals surface area (Å²) in [5.74, 6) is 0. The second kappa shape index (κ2) is 4.35. The van der Waals surface area contributed by atoms with Gasteiger partial charge in [0.15, 0.2) is 0 Å². The zero-order chi connectivity index (χ0) is 4.99. The molecule has 1 unspecified atom stereocenters. The summed E-state index contributed by atoms with van der Waals surface area (Å²) in [6.45, 7) is 0.727. The normalized spacial score (nSPS) is 14.7. The molecule has 0 aromatic rings. The van der Waals surface area contributed by atoms with Crippen LogP contribution in [0.1, 0.15) is 0 Å². The van der Waals surface area contributed by atoms with Gasteiger partial charge in [0.2, 0.25) is 0 Å². The molecule has 0 N–H and O–H groups in total. The Labute approximate surface area is 59.0 Å². The third kappa shape index (κ3) is 5.19. The topological polar surface area (TPSA) is 9.23 Å². The summed E-state index contributed by atoms with van der Waals surface area (Å²) in [4.78, 5) is 0. The molecule has 0 aromatic heterocycles. The monoisotopic (exact) mass is 295 g/mol. The molecule has 0 radical (unpaired) electrons. The summed E-state index contributed by atoms with van der Waals surface area (Å²) >= 11 is 6.21. The van der Waals surface area contributed by atoms with Crippen LogP contribution in [0.2, 0.25) is 0 Å². The molecule has 0 rings (SSSR count). The molecule has 0 amide bonds. The minimum atomic E-state index is 0.343. The molecule has 1 nitrogen and oxygen atoms in total. The fourth-order valence-electron chi connectivity index (χ4n) is 0.181. The van der Waals surface area contributed by atoms with Crippen molar-refractivity contribution >= 4 is 11.6 Å². The number of alkyl halides is 1. The average molecular weight is 294 g/mol. The molecule has 1 atom stereocenters. The predicted molar refractivity (Wildman–Crippen MR) is 21.5 cm³/mol. The fourth-order valence-corrected chi connectivity index (χ4v) is 1.22. The molecular formula is C3H6ClHgO. The molecule has 0 spiro atoms. The standard InChI is InChI=1S/C3H6ClO.Hg/c1-5-3-2-4;/h2H,3H2,1H3;. The molecule has 6 heavy (non-hydrogen) atoms. The molecule has 0 saturated carbocycles. The zero-order valence-electron chi connectivity index (χ0n) is 3.78. The van der Waals surface area contributed by atoms with Gasteiger partial charge < -0.3 is 0 Å². The Morgan fingerprint density at radius 1 is 2.00 bits per heavy atom. The van der Waals surface area contributed by atoms with E-state index in [1.165, 1.54) is 0 Å². The molecule has 0 aliphatic carbocycles. The van der Waals surface area contributed by atoms with Gasteiger partial charge in [0.05, 0.1) is 0 Å². The van der Waals surface area contributed by atoms with E-state index in [0.717, 1.165) is 6.61 Å². The van der Waals surface area contributed by atoms with Gasteiger partial charge in [0.1, 0.15) is 0 Å². The molecule has 0 bridgehead atoms. The molecule has 0 aliphatic heterocycles. The van der Waals surface area contributed by atoms with Crippen LogP contribution in [0.15, 0.2) is 0 Å². The van der Waals surface area contributed by atoms with Crippen molar-refractivity contribution < 1.29 is 30.9 Å². The van der Waals surface area contributed by atoms with Gasteiger partial charge in [0, 0.05) is 0 Å². The van der Waals surface area contributed by atoms with Crippen LogP contribution in [-0.2, 0) is 30.9 Å². The first-order valence-corrected chi connectivity index (χ1v) is 5.34. The van der Waals surface area contributed by atoms with Gasteiger partial charge in [-0.1, -0.05) is 0 Å². The van der Waals surface area contributed by atoms with Gasteiger partial charge in [-0.15, -0.1) is 0 Å². The molecule has 0 saturated heterocycles. The minimum absolute atomic E-state index is 0.343. The molecule has 3 heteroatoms. The number of halogens is 1. The van der Waals surface area contributed by atoms with E-state index in [4.69, 9.17) is 16.3 Å². The van der Waals surface area contributed by atoms with E-state index in [2.05, 4.69) is 0 Å². The van der Waals surface area contributed by atoms with Crippen molar-refractivity contribution in [3.05, 3.63) is 0 Å². The molecule has 33 valence electrons. The van der Waals surface area contributed by atoms with Crippen molar-refractivity contribution in [1.29, 1.82) is 0 Å². The maximum absolute atomic E-state index is 5.54. The van der Waals surface area contributed by atoms with Crippen molar-refractivity contribution in [2.45, 2.75) is 2.89 Å². The van der Waals surface area contributed by atoms with E-state index in [9.17, 15) is 0 Å². The second-order valence-corrected chi connectivity index (χ2v) is 7.51. The van der Waals surface area contributed by atoms with Crippen molar-refractivity contribution in [2.24, 2.45) is 0 Å². The molecular weight excluding hydrogens is 288 g/mol. The first-order valence-electron chi connectivity index (χ1n) is 1.73. The number of methoxy groups -OCH3 is 1. The Hall–Kier alpha value is 1.19. The Morgan fingerprint density at radius 3 is 2.50 bits per heavy atom. The van der Waals surface area contributed by atoms with Gasteiger partial charge in [-0.3, -0.25) is 0 Å². The van der Waals surface area contributed by atoms with Crippen molar-refractivity contribution in [1.82, 2.24) is 0 Å². The van der Waals surface area contributed by atoms with E-state index in [0.29, 0.717) is 29.0 Å². The molecule has 0 heterocycles. The average Bonchev–Trinajstić information content (AvgIpc) is 1.35. The van der Waals surface area contributed by atoms with Gasteiger partial charge in [-0.2, -0.15) is 0 Å². The first-order chi connectivity index (χ1) is 2.77. The van der Waals surface area contributed by atoms with E-state index < -0.39 is 0 Å². The van der Waals surface area contributed by atoms with Gasteiger partial charge in [-0.25, -0.2) is 0 Å². The summed E-state index contributed by atoms with van der Waals surface area (Å²) in [5, 5.41) is 0. The molecule has 0 aromatic carbocycles. The Bertz CT molecular complexity index is 32.0. The Balaban J connectivity index is 2.63. The first kappa shape index (κ1) is 7.19. The van der Waals surface area contributed by atoms with Crippen LogP contribution in [0.5, 0.6) is 0 Å². The third-order valence-electron chi connectivity index (χ3n) is 0.348. The van der Waals surface area contributed by atoms with E-state index in [1.807, 2.05) is 0 Å². The molecule has 0 fully saturated rings. The Kier molecular flexibility index (Phi) is 5.21. The van der Waals surface area contributed by atoms with E-state index in [1.54, 1.807) is 7.11 Å². The summed E-state index contributed by atoms with van der Waals surface area (Å²) in [5.41, 5.74) is 0. The van der Waals surface area contributed by atoms with Crippen LogP contribution in [0.25, 0.3) is 0 Å². The number of hydrogen-bond acceptors (Lipinski definition) is 1. The predicted octanol–water partition coefficient (Wildman–Crippen LogP) is 0.745. The van der Waals surface area contributed by atoms with Crippen LogP contribution in [0, 0.1) is 0 Å². The quantitative estimate of drug-likeness (QED) is 0.539. The van der Waals surface area contributed by atoms with Crippen LogP contribution in [0.3, 0.4) is 0 Å². The van der Waals surface area contributed by atoms with Crippen molar-refractivity contribution in [3.63, 3.8) is 0 Å². The van der Waals surface area contributed by atoms with Crippen LogP contribution >= 0.6 is 11.6 Å². The Morgan fingerprint density at radius 2 is 2.50 bits per heavy atom. The van der Waals surface area contributed by atoms with Gasteiger partial charge in [-0.05, 0) is 0 Å². The number of ether oxygens (including phenoxy) is 1. The van der Waals surface area contributed by atoms with E-state index >= 15 is 0 Å². The van der Waals surface area contributed by atoms with E-state index in [-0.39, 0.29) is 0 Å². The van der Waals surface area contributed by atoms with Crippen LogP contribution < -0.4 is 0 Å². The summed E-state index contributed by atoms with van der Waals surface area (Å²) < 4.78 is 5.06. The van der Waals surface area contributed by atoms with Gasteiger partial charge in [0.25, 0.3) is 0 Å².